The van der Waals surface area contributed by atoms with Gasteiger partial charge in [-0.25, -0.2) is 0 Å². The Labute approximate surface area is 385 Å². The number of benzene rings is 6. The fourth-order valence-electron chi connectivity index (χ4n) is 5.25. The molecule has 65 heavy (non-hydrogen) atoms. The molecule has 0 saturated heterocycles. The molecule has 0 aliphatic rings. The summed E-state index contributed by atoms with van der Waals surface area (Å²) in [5.41, 5.74) is -2.96. The molecule has 27 nitrogen and oxygen atoms in total. The van der Waals surface area contributed by atoms with E-state index in [-0.39, 0.29) is 62.0 Å². The van der Waals surface area contributed by atoms with Crippen molar-refractivity contribution < 1.29 is 116 Å². The number of phenols is 4. The van der Waals surface area contributed by atoms with E-state index in [1.807, 2.05) is 0 Å². The average Bonchev–Trinajstić information content (AvgIpc) is 3.16. The van der Waals surface area contributed by atoms with Crippen LogP contribution in [-0.2, 0) is 75.6 Å². The Morgan fingerprint density at radius 1 is 0.523 bits per heavy atom. The molecule has 0 amide bonds. The number of hydrogen-bond donors (Lipinski definition) is 7. The van der Waals surface area contributed by atoms with Crippen molar-refractivity contribution in [2.24, 2.45) is 20.5 Å². The molecular weight excluding hydrogens is 1060 g/mol. The van der Waals surface area contributed by atoms with E-state index in [0.29, 0.717) is 34.3 Å². The summed E-state index contributed by atoms with van der Waals surface area (Å²) in [5, 5.41) is 83.4. The monoisotopic (exact) mass is 1080 g/mol. The molecule has 6 rings (SSSR count). The number of fused-ring (bicyclic) bond motifs is 2. The first-order chi connectivity index (χ1) is 29.3. The normalized spacial score (nSPS) is 11.0. The zero-order valence-electron chi connectivity index (χ0n) is 30.9. The van der Waals surface area contributed by atoms with Gasteiger partial charge in [-0.15, -0.1) is 45.7 Å². The van der Waals surface area contributed by atoms with Crippen LogP contribution in [0.5, 0.6) is 23.0 Å². The molecule has 0 aliphatic carbocycles. The number of anilines is 2. The maximum Gasteiger partial charge on any atom is 0.425 e. The van der Waals surface area contributed by atoms with Crippen LogP contribution in [0.4, 0.5) is 45.5 Å². The van der Waals surface area contributed by atoms with Crippen LogP contribution in [0.15, 0.2) is 115 Å². The number of azo groups is 2. The van der Waals surface area contributed by atoms with E-state index >= 15 is 0 Å². The molecule has 0 bridgehead atoms. The SMILES string of the molecule is O=S(=O)=O.O=S(=O)=O.O=[N+]([O-])c1cccc(N=Nc2ccc3cc(Nc4ccc5c(O)c(N=Nc6cc(S(=O)(=O)O)cc([N+](=O)[O-])c6O)c(S(=O)(=O)O)cc5c4)ccc3c2O)c1O.[Cu].[Cu]. The summed E-state index contributed by atoms with van der Waals surface area (Å²) in [6.07, 6.45) is 0. The summed E-state index contributed by atoms with van der Waals surface area (Å²) >= 11 is 0. The average molecular weight is 1080 g/mol. The van der Waals surface area contributed by atoms with Gasteiger partial charge in [0, 0.05) is 68.4 Å². The van der Waals surface area contributed by atoms with Gasteiger partial charge in [0.2, 0.25) is 11.5 Å². The van der Waals surface area contributed by atoms with Crippen LogP contribution in [0, 0.1) is 20.2 Å². The first-order valence-electron chi connectivity index (χ1n) is 15.9. The molecule has 0 heterocycles. The van der Waals surface area contributed by atoms with E-state index < -0.39 is 101 Å². The van der Waals surface area contributed by atoms with E-state index in [1.165, 1.54) is 42.5 Å². The Kier molecular flexibility index (Phi) is 18.3. The van der Waals surface area contributed by atoms with Crippen molar-refractivity contribution in [3.05, 3.63) is 105 Å². The Morgan fingerprint density at radius 2 is 1.00 bits per heavy atom. The van der Waals surface area contributed by atoms with Gasteiger partial charge in [0.1, 0.15) is 32.5 Å². The molecule has 33 heteroatoms. The Bertz CT molecular complexity index is 3380. The van der Waals surface area contributed by atoms with Crippen molar-refractivity contribution in [3.63, 3.8) is 0 Å². The van der Waals surface area contributed by atoms with Crippen LogP contribution in [0.25, 0.3) is 21.5 Å². The largest absolute Gasteiger partial charge is 0.505 e. The van der Waals surface area contributed by atoms with Crippen LogP contribution in [0.2, 0.25) is 0 Å². The number of rotatable bonds is 10. The second-order valence-corrected chi connectivity index (χ2v) is 15.4. The Morgan fingerprint density at radius 3 is 1.51 bits per heavy atom. The van der Waals surface area contributed by atoms with E-state index in [4.69, 9.17) is 25.3 Å². The predicted molar refractivity (Wildman–Crippen MR) is 211 cm³/mol. The number of nitro groups is 2. The van der Waals surface area contributed by atoms with Gasteiger partial charge < -0.3 is 25.7 Å². The topological polar surface area (TPSA) is 440 Å². The van der Waals surface area contributed by atoms with Crippen molar-refractivity contribution >= 4 is 108 Å². The van der Waals surface area contributed by atoms with Crippen LogP contribution in [0.3, 0.4) is 0 Å². The minimum Gasteiger partial charge on any atom is -0.505 e. The number of hydrogen-bond acceptors (Lipinski definition) is 23. The molecule has 0 spiro atoms. The second-order valence-electron chi connectivity index (χ2n) is 11.7. The van der Waals surface area contributed by atoms with Crippen molar-refractivity contribution in [2.75, 3.05) is 5.32 Å². The van der Waals surface area contributed by atoms with Crippen molar-refractivity contribution in [2.45, 2.75) is 9.79 Å². The number of nitrogens with one attached hydrogen (secondary N) is 1. The second kappa shape index (κ2) is 22.0. The summed E-state index contributed by atoms with van der Waals surface area (Å²) < 4.78 is 118. The molecule has 6 aromatic rings. The van der Waals surface area contributed by atoms with E-state index in [2.05, 4.69) is 25.8 Å². The van der Waals surface area contributed by atoms with E-state index in [9.17, 15) is 66.6 Å². The molecule has 0 atom stereocenters. The summed E-state index contributed by atoms with van der Waals surface area (Å²) in [6, 6.07) is 17.4. The van der Waals surface area contributed by atoms with Crippen LogP contribution in [-0.4, -0.2) is 81.5 Å². The molecule has 0 aliphatic heterocycles. The van der Waals surface area contributed by atoms with Crippen molar-refractivity contribution in [1.82, 2.24) is 0 Å². The summed E-state index contributed by atoms with van der Waals surface area (Å²) in [7, 11) is -16.4. The standard InChI is InChI=1S/C32H21N7O14S2.2Cu.2O3S/c40-29-20-7-5-17(10-15(20)4-9-23(29)35-34-22-2-1-3-25(31(22)42)38(44)45)33-18-6-8-21-16(11-18)12-27(55(51,52)53)28(30(21)41)37-36-24-13-19(54(48,49)50)14-26(32(24)43)39(46)47;;;2*1-4(2)3/h1-14,33,40-43H,(H,48,49,50)(H,51,52,53);;;;. The number of nitrogens with zero attached hydrogens (tertiary/aromatic N) is 6. The maximum absolute atomic E-state index is 12.4. The van der Waals surface area contributed by atoms with Gasteiger partial charge in [-0.2, -0.15) is 16.8 Å². The zero-order valence-corrected chi connectivity index (χ0v) is 36.1. The van der Waals surface area contributed by atoms with Gasteiger partial charge in [-0.3, -0.25) is 29.3 Å². The molecular formula is C32H21Cu2N7O20S4. The third-order valence-corrected chi connectivity index (χ3v) is 9.54. The van der Waals surface area contributed by atoms with Crippen molar-refractivity contribution in [1.29, 1.82) is 0 Å². The number of nitro benzene ring substituents is 2. The van der Waals surface area contributed by atoms with Crippen LogP contribution >= 0.6 is 0 Å². The van der Waals surface area contributed by atoms with Gasteiger partial charge >= 0.3 is 32.6 Å². The van der Waals surface area contributed by atoms with Gasteiger partial charge in [-0.05, 0) is 71.4 Å². The summed E-state index contributed by atoms with van der Waals surface area (Å²) in [5.74, 6) is -3.05. The Hall–Kier alpha value is -7.06. The maximum atomic E-state index is 12.4. The van der Waals surface area contributed by atoms with Gasteiger partial charge in [0.05, 0.1) is 9.85 Å². The first kappa shape index (κ1) is 54.1. The fraction of sp³-hybridized carbons (Fsp3) is 0. The van der Waals surface area contributed by atoms with Gasteiger partial charge in [0.15, 0.2) is 11.5 Å². The predicted octanol–water partition coefficient (Wildman–Crippen LogP) is 5.69. The van der Waals surface area contributed by atoms with E-state index in [0.717, 1.165) is 12.1 Å². The molecule has 7 N–H and O–H groups in total. The van der Waals surface area contributed by atoms with E-state index in [1.54, 1.807) is 18.2 Å². The molecule has 350 valence electrons. The van der Waals surface area contributed by atoms with Crippen LogP contribution < -0.4 is 5.32 Å². The van der Waals surface area contributed by atoms with Crippen molar-refractivity contribution in [3.8, 4) is 23.0 Å². The Balaban J connectivity index is 0.00000134. The minimum absolute atomic E-state index is 0. The summed E-state index contributed by atoms with van der Waals surface area (Å²) in [4.78, 5) is 18.4. The third-order valence-electron chi connectivity index (χ3n) is 7.84. The molecule has 0 saturated carbocycles. The molecule has 2 radical (unpaired) electrons. The van der Waals surface area contributed by atoms with Gasteiger partial charge in [-0.1, -0.05) is 12.1 Å². The molecule has 0 aromatic heterocycles. The zero-order chi connectivity index (χ0) is 47.1. The summed E-state index contributed by atoms with van der Waals surface area (Å²) in [6.45, 7) is 0. The number of para-hydroxylation sites is 1. The molecule has 0 unspecified atom stereocenters. The molecule has 6 aromatic carbocycles. The van der Waals surface area contributed by atoms with Crippen LogP contribution in [0.1, 0.15) is 0 Å². The molecule has 0 fully saturated rings. The quantitative estimate of drug-likeness (QED) is 0.0285. The number of phenolic OH excluding ortho intramolecular Hbond substituents is 4. The third kappa shape index (κ3) is 13.7. The fourth-order valence-corrected chi connectivity index (χ4v) is 6.43. The number of aromatic hydroxyl groups is 4. The smallest absolute Gasteiger partial charge is 0.425 e. The first-order valence-corrected chi connectivity index (χ1v) is 20.8. The minimum atomic E-state index is -5.16. The van der Waals surface area contributed by atoms with Gasteiger partial charge in [0.25, 0.3) is 20.2 Å².